The lowest BCUT2D eigenvalue weighted by molar-refractivity contribution is -0.384. The summed E-state index contributed by atoms with van der Waals surface area (Å²) in [6, 6.07) is 33.1. The van der Waals surface area contributed by atoms with E-state index >= 15 is 0 Å². The third-order valence-electron chi connectivity index (χ3n) is 10.5. The second kappa shape index (κ2) is 19.3. The first kappa shape index (κ1) is 43.3. The van der Waals surface area contributed by atoms with E-state index in [0.717, 1.165) is 72.1 Å². The summed E-state index contributed by atoms with van der Waals surface area (Å²) in [7, 11) is -0.700. The molecule has 1 amide bonds. The van der Waals surface area contributed by atoms with Crippen LogP contribution in [0, 0.1) is 10.1 Å². The minimum Gasteiger partial charge on any atom is -0.375 e. The number of amides is 1. The van der Waals surface area contributed by atoms with Gasteiger partial charge in [0.05, 0.1) is 20.9 Å². The number of nitro groups is 1. The third-order valence-corrected chi connectivity index (χ3v) is 13.2. The van der Waals surface area contributed by atoms with Gasteiger partial charge in [0.2, 0.25) is 0 Å². The van der Waals surface area contributed by atoms with Crippen molar-refractivity contribution in [3.05, 3.63) is 142 Å². The molecule has 1 aliphatic rings. The van der Waals surface area contributed by atoms with Gasteiger partial charge in [0, 0.05) is 71.6 Å². The Morgan fingerprint density at radius 3 is 2.36 bits per heavy atom. The number of halogens is 1. The van der Waals surface area contributed by atoms with Crippen LogP contribution in [0.3, 0.4) is 0 Å². The van der Waals surface area contributed by atoms with Crippen molar-refractivity contribution in [2.24, 2.45) is 5.73 Å². The molecule has 0 saturated carbocycles. The van der Waals surface area contributed by atoms with E-state index in [2.05, 4.69) is 48.0 Å². The Hall–Kier alpha value is -5.78. The zero-order valence-electron chi connectivity index (χ0n) is 33.7. The van der Waals surface area contributed by atoms with Crippen molar-refractivity contribution in [2.75, 3.05) is 67.5 Å². The van der Waals surface area contributed by atoms with Gasteiger partial charge >= 0.3 is 0 Å². The van der Waals surface area contributed by atoms with Crippen LogP contribution >= 0.6 is 23.4 Å². The fraction of sp³-hybridized carbons (Fsp3) is 0.250. The quantitative estimate of drug-likeness (QED) is 0.0465. The minimum atomic E-state index is -4.53. The molecule has 1 aromatic heterocycles. The van der Waals surface area contributed by atoms with Gasteiger partial charge in [-0.2, -0.15) is 0 Å². The molecule has 61 heavy (non-hydrogen) atoms. The Morgan fingerprint density at radius 1 is 0.951 bits per heavy atom. The number of aromatic nitrogens is 2. The molecule has 1 saturated heterocycles. The van der Waals surface area contributed by atoms with Crippen LogP contribution in [0.15, 0.2) is 125 Å². The van der Waals surface area contributed by atoms with Gasteiger partial charge in [-0.15, -0.1) is 11.8 Å². The molecule has 0 unspecified atom stereocenters. The van der Waals surface area contributed by atoms with E-state index in [9.17, 15) is 23.3 Å². The molecular formula is C44H46ClN9O5S2. The maximum Gasteiger partial charge on any atom is 0.294 e. The van der Waals surface area contributed by atoms with E-state index in [4.69, 9.17) is 17.3 Å². The van der Waals surface area contributed by atoms with Crippen molar-refractivity contribution in [2.45, 2.75) is 28.8 Å². The number of fused-ring (bicyclic) bond motifs is 1. The van der Waals surface area contributed by atoms with Gasteiger partial charge < -0.3 is 20.9 Å². The normalized spacial score (nSPS) is 13.9. The molecule has 0 spiro atoms. The first-order valence-corrected chi connectivity index (χ1v) is 22.5. The summed E-state index contributed by atoms with van der Waals surface area (Å²) in [6.45, 7) is 4.53. The van der Waals surface area contributed by atoms with E-state index < -0.39 is 31.4 Å². The number of carbonyl (C=O) groups is 1. The lowest BCUT2D eigenvalue weighted by Gasteiger charge is -2.36. The van der Waals surface area contributed by atoms with Gasteiger partial charge in [-0.1, -0.05) is 66.2 Å². The predicted octanol–water partition coefficient (Wildman–Crippen LogP) is 7.60. The maximum atomic E-state index is 14.0. The molecule has 0 bridgehead atoms. The number of rotatable bonds is 17. The zero-order chi connectivity index (χ0) is 43.1. The Labute approximate surface area is 364 Å². The van der Waals surface area contributed by atoms with Crippen molar-refractivity contribution in [1.29, 1.82) is 0 Å². The molecule has 0 radical (unpaired) electrons. The largest absolute Gasteiger partial charge is 0.375 e. The van der Waals surface area contributed by atoms with Crippen molar-refractivity contribution in [3.8, 4) is 11.1 Å². The highest BCUT2D eigenvalue weighted by molar-refractivity contribution is 7.99. The Bertz CT molecular complexity index is 2600. The number of sulfonamides is 1. The summed E-state index contributed by atoms with van der Waals surface area (Å²) in [6.07, 6.45) is 1.82. The van der Waals surface area contributed by atoms with Gasteiger partial charge in [0.1, 0.15) is 12.0 Å². The number of nitrogens with one attached hydrogen (secondary N) is 2. The molecule has 17 heteroatoms. The average molecular weight is 880 g/mol. The van der Waals surface area contributed by atoms with Gasteiger partial charge in [-0.05, 0) is 92.3 Å². The molecule has 14 nitrogen and oxygen atoms in total. The molecule has 5 aromatic carbocycles. The number of primary amides is 1. The summed E-state index contributed by atoms with van der Waals surface area (Å²) < 4.78 is 30.4. The topological polar surface area (TPSA) is 180 Å². The molecule has 1 fully saturated rings. The Morgan fingerprint density at radius 2 is 1.67 bits per heavy atom. The molecule has 1 aliphatic heterocycles. The lowest BCUT2D eigenvalue weighted by atomic mass is 9.99. The SMILES string of the molecule is CN(C)CC[C@H](CSc1ccccc1)Nc1c(C(N)=O)cc(S(=O)(=O)Nc2ncnc3cc(N4CCN(Cc5cc(Cl)ccc5-c5ccccc5)CC4)ccc23)cc1[N+](=O)[O-]. The molecule has 4 N–H and O–H groups in total. The van der Waals surface area contributed by atoms with Crippen LogP contribution in [0.5, 0.6) is 0 Å². The summed E-state index contributed by atoms with van der Waals surface area (Å²) in [5.74, 6) is -0.538. The van der Waals surface area contributed by atoms with Crippen molar-refractivity contribution in [1.82, 2.24) is 19.8 Å². The first-order valence-electron chi connectivity index (χ1n) is 19.6. The monoisotopic (exact) mass is 879 g/mol. The smallest absolute Gasteiger partial charge is 0.294 e. The summed E-state index contributed by atoms with van der Waals surface area (Å²) in [5, 5.41) is 16.8. The van der Waals surface area contributed by atoms with Crippen LogP contribution < -0.4 is 20.7 Å². The first-order chi connectivity index (χ1) is 29.3. The summed E-state index contributed by atoms with van der Waals surface area (Å²) in [5.41, 5.74) is 9.59. The number of hydrogen-bond acceptors (Lipinski definition) is 12. The van der Waals surface area contributed by atoms with E-state index in [1.54, 1.807) is 17.8 Å². The van der Waals surface area contributed by atoms with E-state index in [0.29, 0.717) is 34.6 Å². The number of benzene rings is 5. The van der Waals surface area contributed by atoms with Crippen molar-refractivity contribution < 1.29 is 18.1 Å². The number of nitro benzene ring substituents is 1. The van der Waals surface area contributed by atoms with Gasteiger partial charge in [-0.3, -0.25) is 24.5 Å². The van der Waals surface area contributed by atoms with Crippen molar-refractivity contribution >= 4 is 73.1 Å². The molecule has 0 aliphatic carbocycles. The standard InChI is InChI=1S/C44H46ClN9O5S2/c1-51(2)18-17-33(28-60-35-11-7-4-8-12-35)49-42-39(43(46)55)25-36(26-41(42)54(56)57)61(58,59)50-44-38-16-14-34(24-40(38)47-29-48-44)53-21-19-52(20-22-53)27-31-23-32(45)13-15-37(31)30-9-5-3-6-10-30/h3-16,23-26,29,33,49H,17-22,27-28H2,1-2H3,(H2,46,55)(H,47,48,50)/t33-/m1/s1. The van der Waals surface area contributed by atoms with E-state index in [-0.39, 0.29) is 23.1 Å². The molecule has 6 aromatic rings. The van der Waals surface area contributed by atoms with Crippen LogP contribution in [0.4, 0.5) is 22.9 Å². The third kappa shape index (κ3) is 10.8. The fourth-order valence-electron chi connectivity index (χ4n) is 7.28. The summed E-state index contributed by atoms with van der Waals surface area (Å²) in [4.78, 5) is 40.5. The second-order valence-electron chi connectivity index (χ2n) is 15.0. The van der Waals surface area contributed by atoms with E-state index in [1.807, 2.05) is 91.8 Å². The molecule has 2 heterocycles. The fourth-order valence-corrected chi connectivity index (χ4v) is 9.54. The predicted molar refractivity (Wildman–Crippen MR) is 244 cm³/mol. The second-order valence-corrected chi connectivity index (χ2v) is 18.2. The highest BCUT2D eigenvalue weighted by Crippen LogP contribution is 2.35. The number of anilines is 3. The van der Waals surface area contributed by atoms with Crippen LogP contribution in [-0.4, -0.2) is 97.6 Å². The van der Waals surface area contributed by atoms with Crippen molar-refractivity contribution in [3.63, 3.8) is 0 Å². The summed E-state index contributed by atoms with van der Waals surface area (Å²) >= 11 is 7.98. The number of piperazine rings is 1. The maximum absolute atomic E-state index is 14.0. The highest BCUT2D eigenvalue weighted by atomic mass is 35.5. The molecule has 7 rings (SSSR count). The van der Waals surface area contributed by atoms with Crippen LogP contribution in [0.2, 0.25) is 5.02 Å². The van der Waals surface area contributed by atoms with Gasteiger partial charge in [0.25, 0.3) is 21.6 Å². The lowest BCUT2D eigenvalue weighted by Crippen LogP contribution is -2.46. The minimum absolute atomic E-state index is 0.0238. The number of hydrogen-bond donors (Lipinski definition) is 3. The highest BCUT2D eigenvalue weighted by Gasteiger charge is 2.30. The number of nitrogens with zero attached hydrogens (tertiary/aromatic N) is 6. The molecule has 316 valence electrons. The zero-order valence-corrected chi connectivity index (χ0v) is 36.1. The van der Waals surface area contributed by atoms with Gasteiger partial charge in [-0.25, -0.2) is 18.4 Å². The number of carbonyl (C=O) groups excluding carboxylic acids is 1. The van der Waals surface area contributed by atoms with Crippen LogP contribution in [-0.2, 0) is 16.6 Å². The average Bonchev–Trinajstić information content (AvgIpc) is 3.25. The number of thioether (sulfide) groups is 1. The molecular weight excluding hydrogens is 834 g/mol. The number of nitrogens with two attached hydrogens (primary N) is 1. The van der Waals surface area contributed by atoms with Crippen LogP contribution in [0.1, 0.15) is 22.3 Å². The van der Waals surface area contributed by atoms with Gasteiger partial charge in [0.15, 0.2) is 5.82 Å². The molecule has 1 atom stereocenters. The van der Waals surface area contributed by atoms with Crippen LogP contribution in [0.25, 0.3) is 22.0 Å². The Kier molecular flexibility index (Phi) is 13.7. The Balaban J connectivity index is 1.08. The van der Waals surface area contributed by atoms with E-state index in [1.165, 1.54) is 6.33 Å².